The molecule has 0 N–H and O–H groups in total. The summed E-state index contributed by atoms with van der Waals surface area (Å²) < 4.78 is 7.85. The molecule has 0 radical (unpaired) electrons. The van der Waals surface area contributed by atoms with Crippen LogP contribution in [-0.4, -0.2) is 35.9 Å². The van der Waals surface area contributed by atoms with Crippen LogP contribution >= 0.6 is 11.6 Å². The van der Waals surface area contributed by atoms with E-state index in [9.17, 15) is 0 Å². The summed E-state index contributed by atoms with van der Waals surface area (Å²) in [5.41, 5.74) is 3.83. The minimum Gasteiger partial charge on any atom is -0.380 e. The Morgan fingerprint density at radius 2 is 1.93 bits per heavy atom. The number of benzene rings is 2. The van der Waals surface area contributed by atoms with Gasteiger partial charge in [-0.05, 0) is 36.2 Å². The molecule has 1 spiro atoms. The van der Waals surface area contributed by atoms with E-state index in [4.69, 9.17) is 21.3 Å². The van der Waals surface area contributed by atoms with Gasteiger partial charge >= 0.3 is 0 Å². The van der Waals surface area contributed by atoms with Crippen LogP contribution in [0.4, 0.5) is 5.82 Å². The van der Waals surface area contributed by atoms with Crippen molar-refractivity contribution in [3.63, 3.8) is 0 Å². The molecule has 0 saturated carbocycles. The molecule has 6 rings (SSSR count). The summed E-state index contributed by atoms with van der Waals surface area (Å²) in [4.78, 5) is 7.55. The minimum atomic E-state index is 0.336. The largest absolute Gasteiger partial charge is 0.380 e. The van der Waals surface area contributed by atoms with Crippen molar-refractivity contribution in [2.24, 2.45) is 5.41 Å². The van der Waals surface area contributed by atoms with Crippen LogP contribution in [0.3, 0.4) is 0 Å². The van der Waals surface area contributed by atoms with Gasteiger partial charge in [-0.1, -0.05) is 41.9 Å². The van der Waals surface area contributed by atoms with Gasteiger partial charge in [0, 0.05) is 47.0 Å². The molecule has 2 saturated heterocycles. The van der Waals surface area contributed by atoms with Crippen molar-refractivity contribution in [3.05, 3.63) is 71.4 Å². The fraction of sp³-hybridized carbons (Fsp3) is 0.292. The maximum Gasteiger partial charge on any atom is 0.138 e. The van der Waals surface area contributed by atoms with Crippen molar-refractivity contribution in [2.75, 3.05) is 31.2 Å². The summed E-state index contributed by atoms with van der Waals surface area (Å²) in [7, 11) is 0. The third-order valence-corrected chi connectivity index (χ3v) is 6.62. The highest BCUT2D eigenvalue weighted by Crippen LogP contribution is 2.41. The predicted octanol–water partition coefficient (Wildman–Crippen LogP) is 5.12. The standard InChI is InChI=1S/C24H22ClN3O/c25-18-5-3-4-17(12-18)13-27-10-8-20-22(27)19-6-1-2-7-21(19)26-23(20)28-11-9-24(14-28)15-29-16-24/h1-8,10,12H,9,11,13-16H2. The zero-order chi connectivity index (χ0) is 19.4. The van der Waals surface area contributed by atoms with Crippen LogP contribution in [0.5, 0.6) is 0 Å². The van der Waals surface area contributed by atoms with Gasteiger partial charge in [-0.15, -0.1) is 0 Å². The molecule has 4 aromatic rings. The van der Waals surface area contributed by atoms with Crippen LogP contribution in [-0.2, 0) is 11.3 Å². The third kappa shape index (κ3) is 2.82. The van der Waals surface area contributed by atoms with E-state index in [0.29, 0.717) is 5.41 Å². The van der Waals surface area contributed by atoms with Gasteiger partial charge in [0.25, 0.3) is 0 Å². The molecule has 2 aliphatic heterocycles. The van der Waals surface area contributed by atoms with Crippen molar-refractivity contribution in [1.82, 2.24) is 9.55 Å². The number of anilines is 1. The monoisotopic (exact) mass is 403 g/mol. The lowest BCUT2D eigenvalue weighted by atomic mass is 9.85. The van der Waals surface area contributed by atoms with Gasteiger partial charge in [0.05, 0.1) is 24.2 Å². The molecule has 2 fully saturated rings. The summed E-state index contributed by atoms with van der Waals surface area (Å²) in [5.74, 6) is 1.10. The van der Waals surface area contributed by atoms with Crippen molar-refractivity contribution in [3.8, 4) is 0 Å². The third-order valence-electron chi connectivity index (χ3n) is 6.39. The van der Waals surface area contributed by atoms with Crippen molar-refractivity contribution < 1.29 is 4.74 Å². The Morgan fingerprint density at radius 3 is 2.72 bits per heavy atom. The van der Waals surface area contributed by atoms with Gasteiger partial charge in [-0.25, -0.2) is 4.98 Å². The molecule has 5 heteroatoms. The number of para-hydroxylation sites is 1. The number of pyridine rings is 1. The maximum absolute atomic E-state index is 6.22. The summed E-state index contributed by atoms with van der Waals surface area (Å²) in [5, 5.41) is 3.19. The molecule has 0 atom stereocenters. The van der Waals surface area contributed by atoms with Gasteiger partial charge in [0.15, 0.2) is 0 Å². The summed E-state index contributed by atoms with van der Waals surface area (Å²) in [6.07, 6.45) is 3.37. The Hall–Kier alpha value is -2.56. The fourth-order valence-corrected chi connectivity index (χ4v) is 5.06. The first-order chi connectivity index (χ1) is 14.2. The van der Waals surface area contributed by atoms with Crippen molar-refractivity contribution in [2.45, 2.75) is 13.0 Å². The first-order valence-corrected chi connectivity index (χ1v) is 10.5. The molecule has 0 unspecified atom stereocenters. The van der Waals surface area contributed by atoms with Crippen molar-refractivity contribution in [1.29, 1.82) is 0 Å². The smallest absolute Gasteiger partial charge is 0.138 e. The van der Waals surface area contributed by atoms with Crippen LogP contribution in [0.15, 0.2) is 60.8 Å². The van der Waals surface area contributed by atoms with Gasteiger partial charge in [-0.2, -0.15) is 0 Å². The molecule has 0 amide bonds. The Bertz CT molecular complexity index is 1230. The molecule has 0 aliphatic carbocycles. The Kier molecular flexibility index (Phi) is 3.87. The van der Waals surface area contributed by atoms with E-state index in [1.54, 1.807) is 0 Å². The van der Waals surface area contributed by atoms with E-state index in [1.165, 1.54) is 28.3 Å². The predicted molar refractivity (Wildman–Crippen MR) is 118 cm³/mol. The number of rotatable bonds is 3. The molecule has 0 bridgehead atoms. The average Bonchev–Trinajstić information content (AvgIpc) is 3.33. The molecular formula is C24H22ClN3O. The normalized spacial score (nSPS) is 18.0. The summed E-state index contributed by atoms with van der Waals surface area (Å²) in [6.45, 7) is 4.64. The van der Waals surface area contributed by atoms with E-state index in [0.717, 1.165) is 49.2 Å². The molecule has 146 valence electrons. The molecule has 2 aliphatic rings. The zero-order valence-corrected chi connectivity index (χ0v) is 16.9. The molecule has 29 heavy (non-hydrogen) atoms. The van der Waals surface area contributed by atoms with Crippen LogP contribution < -0.4 is 4.90 Å². The minimum absolute atomic E-state index is 0.336. The lowest BCUT2D eigenvalue weighted by Gasteiger charge is -2.37. The molecular weight excluding hydrogens is 382 g/mol. The van der Waals surface area contributed by atoms with Gasteiger partial charge in [0.1, 0.15) is 5.82 Å². The second kappa shape index (κ2) is 6.48. The lowest BCUT2D eigenvalue weighted by molar-refractivity contribution is -0.0985. The van der Waals surface area contributed by atoms with Crippen molar-refractivity contribution >= 4 is 39.2 Å². The molecule has 2 aromatic carbocycles. The number of ether oxygens (including phenoxy) is 1. The van der Waals surface area contributed by atoms with Crippen LogP contribution in [0.25, 0.3) is 21.8 Å². The van der Waals surface area contributed by atoms with Crippen LogP contribution in [0, 0.1) is 5.41 Å². The molecule has 4 heterocycles. The summed E-state index contributed by atoms with van der Waals surface area (Å²) >= 11 is 6.22. The Morgan fingerprint density at radius 1 is 1.03 bits per heavy atom. The lowest BCUT2D eigenvalue weighted by Crippen LogP contribution is -2.44. The number of hydrogen-bond donors (Lipinski definition) is 0. The van der Waals surface area contributed by atoms with E-state index in [2.05, 4.69) is 52.1 Å². The highest BCUT2D eigenvalue weighted by molar-refractivity contribution is 6.30. The topological polar surface area (TPSA) is 30.3 Å². The first-order valence-electron chi connectivity index (χ1n) is 10.2. The van der Waals surface area contributed by atoms with E-state index >= 15 is 0 Å². The molecule has 4 nitrogen and oxygen atoms in total. The van der Waals surface area contributed by atoms with E-state index < -0.39 is 0 Å². The van der Waals surface area contributed by atoms with Gasteiger partial charge in [-0.3, -0.25) is 0 Å². The second-order valence-electron chi connectivity index (χ2n) is 8.45. The average molecular weight is 404 g/mol. The quantitative estimate of drug-likeness (QED) is 0.475. The Labute approximate surface area is 174 Å². The SMILES string of the molecule is Clc1cccc(Cn2ccc3c(N4CCC5(COC5)C4)nc4ccccc4c32)c1. The molecule has 2 aromatic heterocycles. The number of nitrogens with zero attached hydrogens (tertiary/aromatic N) is 3. The zero-order valence-electron chi connectivity index (χ0n) is 16.1. The van der Waals surface area contributed by atoms with E-state index in [-0.39, 0.29) is 0 Å². The highest BCUT2D eigenvalue weighted by Gasteiger charge is 2.45. The van der Waals surface area contributed by atoms with Gasteiger partial charge in [0.2, 0.25) is 0 Å². The van der Waals surface area contributed by atoms with Crippen LogP contribution in [0.2, 0.25) is 5.02 Å². The highest BCUT2D eigenvalue weighted by atomic mass is 35.5. The second-order valence-corrected chi connectivity index (χ2v) is 8.89. The van der Waals surface area contributed by atoms with Crippen LogP contribution in [0.1, 0.15) is 12.0 Å². The number of aromatic nitrogens is 2. The summed E-state index contributed by atoms with van der Waals surface area (Å²) in [6, 6.07) is 18.8. The Balaban J connectivity index is 1.50. The number of hydrogen-bond acceptors (Lipinski definition) is 3. The first kappa shape index (κ1) is 17.3. The van der Waals surface area contributed by atoms with Gasteiger partial charge < -0.3 is 14.2 Å². The maximum atomic E-state index is 6.22. The number of halogens is 1. The fourth-order valence-electron chi connectivity index (χ4n) is 4.85. The number of fused-ring (bicyclic) bond motifs is 3. The van der Waals surface area contributed by atoms with E-state index in [1.807, 2.05) is 18.2 Å².